The lowest BCUT2D eigenvalue weighted by molar-refractivity contribution is 0.675. The van der Waals surface area contributed by atoms with Gasteiger partial charge in [0, 0.05) is 18.8 Å². The number of pyridine rings is 1. The van der Waals surface area contributed by atoms with Crippen LogP contribution >= 0.6 is 0 Å². The number of nitriles is 1. The van der Waals surface area contributed by atoms with Gasteiger partial charge in [0.2, 0.25) is 0 Å². The Morgan fingerprint density at radius 3 is 2.35 bits per heavy atom. The highest BCUT2D eigenvalue weighted by atomic mass is 15.1. The van der Waals surface area contributed by atoms with Crippen molar-refractivity contribution in [2.24, 2.45) is 5.73 Å². The van der Waals surface area contributed by atoms with Gasteiger partial charge in [-0.2, -0.15) is 5.26 Å². The molecule has 1 unspecified atom stereocenters. The zero-order valence-corrected chi connectivity index (χ0v) is 11.7. The van der Waals surface area contributed by atoms with E-state index in [-0.39, 0.29) is 6.04 Å². The molecule has 0 spiro atoms. The summed E-state index contributed by atoms with van der Waals surface area (Å²) in [5.74, 6) is 0. The third-order valence-electron chi connectivity index (χ3n) is 3.36. The summed E-state index contributed by atoms with van der Waals surface area (Å²) in [6, 6.07) is 13.5. The number of nitrogens with zero attached hydrogens (tertiary/aromatic N) is 3. The topological polar surface area (TPSA) is 65.9 Å². The van der Waals surface area contributed by atoms with Crippen LogP contribution in [0.3, 0.4) is 0 Å². The zero-order valence-electron chi connectivity index (χ0n) is 11.7. The second-order valence-corrected chi connectivity index (χ2v) is 4.67. The Labute approximate surface area is 119 Å². The van der Waals surface area contributed by atoms with Crippen LogP contribution in [0.15, 0.2) is 42.6 Å². The number of aromatic nitrogens is 1. The number of nitrogens with two attached hydrogens (primary N) is 1. The molecule has 4 nitrogen and oxygen atoms in total. The Balaban J connectivity index is 2.20. The quantitative estimate of drug-likeness (QED) is 0.923. The highest BCUT2D eigenvalue weighted by Crippen LogP contribution is 2.24. The molecule has 0 aliphatic carbocycles. The van der Waals surface area contributed by atoms with Crippen LogP contribution in [0.25, 0.3) is 0 Å². The largest absolute Gasteiger partial charge is 0.343 e. The highest BCUT2D eigenvalue weighted by Gasteiger charge is 2.07. The summed E-state index contributed by atoms with van der Waals surface area (Å²) in [7, 11) is 1.97. The van der Waals surface area contributed by atoms with E-state index in [1.165, 1.54) is 0 Å². The summed E-state index contributed by atoms with van der Waals surface area (Å²) in [5.41, 5.74) is 9.52. The average molecular weight is 266 g/mol. The molecule has 1 atom stereocenters. The molecule has 1 aromatic carbocycles. The summed E-state index contributed by atoms with van der Waals surface area (Å²) in [6.07, 6.45) is 2.70. The van der Waals surface area contributed by atoms with Gasteiger partial charge in [0.1, 0.15) is 0 Å². The molecule has 0 aliphatic rings. The molecule has 0 bridgehead atoms. The van der Waals surface area contributed by atoms with Gasteiger partial charge in [0.15, 0.2) is 0 Å². The van der Waals surface area contributed by atoms with Gasteiger partial charge in [-0.15, -0.1) is 0 Å². The van der Waals surface area contributed by atoms with Crippen LogP contribution in [0.4, 0.5) is 11.4 Å². The average Bonchev–Trinajstić information content (AvgIpc) is 2.53. The standard InChI is InChI=1S/C16H18N4/c1-3-15(18)16-9-8-14(11-19-16)20(2)13-6-4-12(10-17)5-7-13/h4-9,11,15H,3,18H2,1-2H3. The van der Waals surface area contributed by atoms with Crippen molar-refractivity contribution in [3.63, 3.8) is 0 Å². The third-order valence-corrected chi connectivity index (χ3v) is 3.36. The van der Waals surface area contributed by atoms with E-state index >= 15 is 0 Å². The minimum atomic E-state index is -0.00994. The van der Waals surface area contributed by atoms with Crippen molar-refractivity contribution >= 4 is 11.4 Å². The van der Waals surface area contributed by atoms with Crippen molar-refractivity contribution in [2.45, 2.75) is 19.4 Å². The number of rotatable bonds is 4. The van der Waals surface area contributed by atoms with Crippen molar-refractivity contribution in [3.8, 4) is 6.07 Å². The van der Waals surface area contributed by atoms with E-state index in [4.69, 9.17) is 11.0 Å². The molecular formula is C16H18N4. The number of anilines is 2. The molecule has 0 saturated heterocycles. The molecule has 20 heavy (non-hydrogen) atoms. The molecule has 0 radical (unpaired) electrons. The maximum Gasteiger partial charge on any atom is 0.0991 e. The molecule has 2 aromatic rings. The van der Waals surface area contributed by atoms with E-state index in [2.05, 4.69) is 11.1 Å². The van der Waals surface area contributed by atoms with Crippen LogP contribution in [-0.4, -0.2) is 12.0 Å². The third kappa shape index (κ3) is 2.95. The molecule has 1 aromatic heterocycles. The van der Waals surface area contributed by atoms with E-state index in [0.717, 1.165) is 23.5 Å². The van der Waals surface area contributed by atoms with Gasteiger partial charge in [-0.1, -0.05) is 6.92 Å². The Morgan fingerprint density at radius 2 is 1.85 bits per heavy atom. The smallest absolute Gasteiger partial charge is 0.0991 e. The fourth-order valence-corrected chi connectivity index (χ4v) is 1.93. The van der Waals surface area contributed by atoms with E-state index in [0.29, 0.717) is 5.56 Å². The van der Waals surface area contributed by atoms with Crippen LogP contribution in [-0.2, 0) is 0 Å². The molecule has 0 amide bonds. The SMILES string of the molecule is CCC(N)c1ccc(N(C)c2ccc(C#N)cc2)cn1. The van der Waals surface area contributed by atoms with Crippen molar-refractivity contribution in [1.29, 1.82) is 5.26 Å². The lowest BCUT2D eigenvalue weighted by Crippen LogP contribution is -2.13. The first-order valence-electron chi connectivity index (χ1n) is 6.61. The minimum Gasteiger partial charge on any atom is -0.343 e. The zero-order chi connectivity index (χ0) is 14.5. The minimum absolute atomic E-state index is 0.00994. The van der Waals surface area contributed by atoms with Gasteiger partial charge in [-0.3, -0.25) is 4.98 Å². The predicted octanol–water partition coefficient (Wildman–Crippen LogP) is 3.13. The molecular weight excluding hydrogens is 248 g/mol. The molecule has 1 heterocycles. The lowest BCUT2D eigenvalue weighted by Gasteiger charge is -2.20. The summed E-state index contributed by atoms with van der Waals surface area (Å²) in [5, 5.41) is 8.80. The van der Waals surface area contributed by atoms with Crippen molar-refractivity contribution in [1.82, 2.24) is 4.98 Å². The van der Waals surface area contributed by atoms with Crippen molar-refractivity contribution < 1.29 is 0 Å². The molecule has 0 saturated carbocycles. The Hall–Kier alpha value is -2.38. The second kappa shape index (κ2) is 6.18. The van der Waals surface area contributed by atoms with Gasteiger partial charge >= 0.3 is 0 Å². The van der Waals surface area contributed by atoms with Crippen LogP contribution in [0.5, 0.6) is 0 Å². The van der Waals surface area contributed by atoms with Crippen LogP contribution < -0.4 is 10.6 Å². The Kier molecular flexibility index (Phi) is 4.34. The van der Waals surface area contributed by atoms with Gasteiger partial charge in [0.05, 0.1) is 29.2 Å². The maximum absolute atomic E-state index is 8.80. The predicted molar refractivity (Wildman–Crippen MR) is 80.7 cm³/mol. The van der Waals surface area contributed by atoms with E-state index in [1.807, 2.05) is 49.3 Å². The highest BCUT2D eigenvalue weighted by molar-refractivity contribution is 5.62. The van der Waals surface area contributed by atoms with Crippen molar-refractivity contribution in [3.05, 3.63) is 53.9 Å². The summed E-state index contributed by atoms with van der Waals surface area (Å²) in [6.45, 7) is 2.04. The van der Waals surface area contributed by atoms with Gasteiger partial charge in [0.25, 0.3) is 0 Å². The Morgan fingerprint density at radius 1 is 1.20 bits per heavy atom. The fourth-order valence-electron chi connectivity index (χ4n) is 1.93. The van der Waals surface area contributed by atoms with Crippen LogP contribution in [0.2, 0.25) is 0 Å². The van der Waals surface area contributed by atoms with Gasteiger partial charge in [-0.05, 0) is 42.8 Å². The normalized spacial score (nSPS) is 11.7. The molecule has 2 N–H and O–H groups in total. The van der Waals surface area contributed by atoms with Gasteiger partial charge < -0.3 is 10.6 Å². The molecule has 0 aliphatic heterocycles. The number of benzene rings is 1. The number of hydrogen-bond acceptors (Lipinski definition) is 4. The van der Waals surface area contributed by atoms with Crippen LogP contribution in [0.1, 0.15) is 30.6 Å². The monoisotopic (exact) mass is 266 g/mol. The van der Waals surface area contributed by atoms with E-state index < -0.39 is 0 Å². The van der Waals surface area contributed by atoms with Crippen molar-refractivity contribution in [2.75, 3.05) is 11.9 Å². The maximum atomic E-state index is 8.80. The first kappa shape index (κ1) is 14.0. The Bertz CT molecular complexity index is 596. The number of hydrogen-bond donors (Lipinski definition) is 1. The summed E-state index contributed by atoms with van der Waals surface area (Å²) < 4.78 is 0. The molecule has 102 valence electrons. The van der Waals surface area contributed by atoms with E-state index in [9.17, 15) is 0 Å². The van der Waals surface area contributed by atoms with Crippen LogP contribution in [0, 0.1) is 11.3 Å². The molecule has 2 rings (SSSR count). The van der Waals surface area contributed by atoms with Gasteiger partial charge in [-0.25, -0.2) is 0 Å². The first-order valence-corrected chi connectivity index (χ1v) is 6.61. The first-order chi connectivity index (χ1) is 9.65. The van der Waals surface area contributed by atoms with E-state index in [1.54, 1.807) is 12.1 Å². The fraction of sp³-hybridized carbons (Fsp3) is 0.250. The summed E-state index contributed by atoms with van der Waals surface area (Å²) >= 11 is 0. The summed E-state index contributed by atoms with van der Waals surface area (Å²) in [4.78, 5) is 6.43. The molecule has 0 fully saturated rings. The molecule has 4 heteroatoms. The lowest BCUT2D eigenvalue weighted by atomic mass is 10.1. The second-order valence-electron chi connectivity index (χ2n) is 4.67.